The smallest absolute Gasteiger partial charge is 0.147 e. The number of rotatable bonds is 1. The Hall–Kier alpha value is -1.08. The molecule has 0 amide bonds. The van der Waals surface area contributed by atoms with E-state index in [4.69, 9.17) is 5.73 Å². The monoisotopic (exact) mass is 259 g/mol. The summed E-state index contributed by atoms with van der Waals surface area (Å²) in [7, 11) is 0. The molecule has 0 fully saturated rings. The number of hydrogen-bond acceptors (Lipinski definition) is 1. The summed E-state index contributed by atoms with van der Waals surface area (Å²) in [6.07, 6.45) is 0.589. The molecule has 0 aliphatic carbocycles. The van der Waals surface area contributed by atoms with Crippen LogP contribution in [0.25, 0.3) is 0 Å². The summed E-state index contributed by atoms with van der Waals surface area (Å²) in [5.41, 5.74) is 5.01. The van der Waals surface area contributed by atoms with E-state index in [0.29, 0.717) is 11.8 Å². The zero-order valence-electron chi connectivity index (χ0n) is 7.28. The Morgan fingerprint density at radius 3 is 2.64 bits per heavy atom. The van der Waals surface area contributed by atoms with Gasteiger partial charge in [0.1, 0.15) is 11.6 Å². The van der Waals surface area contributed by atoms with Gasteiger partial charge < -0.3 is 5.73 Å². The first kappa shape index (κ1) is 11.0. The predicted octanol–water partition coefficient (Wildman–Crippen LogP) is 2.68. The molecule has 1 aromatic carbocycles. The SMILES string of the molecule is Nc1cc(F)c(C#CCCBr)cc1F. The lowest BCUT2D eigenvalue weighted by Gasteiger charge is -1.98. The second kappa shape index (κ2) is 4.97. The first-order valence-corrected chi connectivity index (χ1v) is 5.06. The van der Waals surface area contributed by atoms with Crippen LogP contribution in [0.1, 0.15) is 12.0 Å². The summed E-state index contributed by atoms with van der Waals surface area (Å²) < 4.78 is 26.0. The number of halogens is 3. The molecule has 0 unspecified atom stereocenters. The van der Waals surface area contributed by atoms with Gasteiger partial charge in [0.2, 0.25) is 0 Å². The molecule has 0 aliphatic rings. The molecule has 1 aromatic rings. The number of benzene rings is 1. The first-order chi connectivity index (χ1) is 6.65. The molecule has 4 heteroatoms. The van der Waals surface area contributed by atoms with Gasteiger partial charge in [-0.1, -0.05) is 27.8 Å². The van der Waals surface area contributed by atoms with Gasteiger partial charge in [0.25, 0.3) is 0 Å². The molecule has 1 nitrogen and oxygen atoms in total. The molecule has 0 spiro atoms. The molecule has 14 heavy (non-hydrogen) atoms. The van der Waals surface area contributed by atoms with Gasteiger partial charge in [0, 0.05) is 17.8 Å². The third-order valence-corrected chi connectivity index (χ3v) is 1.93. The molecule has 0 aliphatic heterocycles. The summed E-state index contributed by atoms with van der Waals surface area (Å²) in [5, 5.41) is 0.707. The van der Waals surface area contributed by atoms with Crippen LogP contribution in [0.3, 0.4) is 0 Å². The van der Waals surface area contributed by atoms with Crippen LogP contribution in [0.5, 0.6) is 0 Å². The van der Waals surface area contributed by atoms with Crippen molar-refractivity contribution in [2.75, 3.05) is 11.1 Å². The Morgan fingerprint density at radius 1 is 1.29 bits per heavy atom. The molecule has 1 rings (SSSR count). The molecule has 2 N–H and O–H groups in total. The van der Waals surface area contributed by atoms with Crippen LogP contribution in [0.15, 0.2) is 12.1 Å². The molecule has 0 radical (unpaired) electrons. The van der Waals surface area contributed by atoms with Crippen molar-refractivity contribution in [3.63, 3.8) is 0 Å². The van der Waals surface area contributed by atoms with Gasteiger partial charge in [-0.25, -0.2) is 8.78 Å². The molecular formula is C10H8BrF2N. The van der Waals surface area contributed by atoms with Crippen molar-refractivity contribution in [3.05, 3.63) is 29.3 Å². The van der Waals surface area contributed by atoms with Gasteiger partial charge in [-0.2, -0.15) is 0 Å². The van der Waals surface area contributed by atoms with Crippen molar-refractivity contribution in [3.8, 4) is 11.8 Å². The Bertz CT molecular complexity index is 393. The number of anilines is 1. The Labute approximate surface area is 89.4 Å². The lowest BCUT2D eigenvalue weighted by molar-refractivity contribution is 0.601. The normalized spacial score (nSPS) is 9.36. The van der Waals surface area contributed by atoms with Gasteiger partial charge in [0.05, 0.1) is 11.3 Å². The molecule has 0 bridgehead atoms. The highest BCUT2D eigenvalue weighted by Gasteiger charge is 2.04. The van der Waals surface area contributed by atoms with Crippen molar-refractivity contribution >= 4 is 21.6 Å². The van der Waals surface area contributed by atoms with Crippen LogP contribution in [0.4, 0.5) is 14.5 Å². The molecule has 0 aromatic heterocycles. The Morgan fingerprint density at radius 2 is 2.00 bits per heavy atom. The predicted molar refractivity (Wildman–Crippen MR) is 56.1 cm³/mol. The van der Waals surface area contributed by atoms with E-state index < -0.39 is 11.6 Å². The maximum atomic E-state index is 13.1. The van der Waals surface area contributed by atoms with E-state index in [1.54, 1.807) is 0 Å². The summed E-state index contributed by atoms with van der Waals surface area (Å²) >= 11 is 3.18. The first-order valence-electron chi connectivity index (χ1n) is 3.94. The fourth-order valence-corrected chi connectivity index (χ4v) is 1.06. The van der Waals surface area contributed by atoms with Crippen LogP contribution < -0.4 is 5.73 Å². The van der Waals surface area contributed by atoms with Gasteiger partial charge in [-0.15, -0.1) is 0 Å². The summed E-state index contributed by atoms with van der Waals surface area (Å²) in [5.74, 6) is 3.99. The van der Waals surface area contributed by atoms with E-state index in [0.717, 1.165) is 12.1 Å². The van der Waals surface area contributed by atoms with E-state index in [9.17, 15) is 8.78 Å². The Kier molecular flexibility index (Phi) is 3.90. The molecular weight excluding hydrogens is 252 g/mol. The molecule has 0 saturated heterocycles. The van der Waals surface area contributed by atoms with Crippen LogP contribution in [-0.4, -0.2) is 5.33 Å². The van der Waals surface area contributed by atoms with Crippen LogP contribution in [-0.2, 0) is 0 Å². The van der Waals surface area contributed by atoms with Crippen molar-refractivity contribution in [2.24, 2.45) is 0 Å². The number of hydrogen-bond donors (Lipinski definition) is 1. The minimum absolute atomic E-state index is 0.0395. The maximum absolute atomic E-state index is 13.1. The largest absolute Gasteiger partial charge is 0.396 e. The highest BCUT2D eigenvalue weighted by Crippen LogP contribution is 2.15. The maximum Gasteiger partial charge on any atom is 0.147 e. The number of alkyl halides is 1. The van der Waals surface area contributed by atoms with Crippen molar-refractivity contribution in [1.29, 1.82) is 0 Å². The van der Waals surface area contributed by atoms with Gasteiger partial charge in [-0.3, -0.25) is 0 Å². The standard InChI is InChI=1S/C10H8BrF2N/c11-4-2-1-3-7-5-9(13)10(14)6-8(7)12/h5-6H,2,4,14H2. The van der Waals surface area contributed by atoms with Crippen molar-refractivity contribution < 1.29 is 8.78 Å². The van der Waals surface area contributed by atoms with Crippen molar-refractivity contribution in [1.82, 2.24) is 0 Å². The van der Waals surface area contributed by atoms with Crippen LogP contribution in [0, 0.1) is 23.5 Å². The summed E-state index contributed by atoms with van der Waals surface area (Å²) in [4.78, 5) is 0. The van der Waals surface area contributed by atoms with Crippen LogP contribution >= 0.6 is 15.9 Å². The highest BCUT2D eigenvalue weighted by molar-refractivity contribution is 9.09. The average Bonchev–Trinajstić information content (AvgIpc) is 2.14. The second-order valence-corrected chi connectivity index (χ2v) is 3.39. The van der Waals surface area contributed by atoms with Crippen molar-refractivity contribution in [2.45, 2.75) is 6.42 Å². The lowest BCUT2D eigenvalue weighted by Crippen LogP contribution is -1.94. The molecule has 0 saturated carbocycles. The third-order valence-electron chi connectivity index (χ3n) is 1.53. The highest BCUT2D eigenvalue weighted by atomic mass is 79.9. The van der Waals surface area contributed by atoms with E-state index in [2.05, 4.69) is 27.8 Å². The third kappa shape index (κ3) is 2.71. The minimum Gasteiger partial charge on any atom is -0.396 e. The topological polar surface area (TPSA) is 26.0 Å². The van der Waals surface area contributed by atoms with Gasteiger partial charge in [0.15, 0.2) is 0 Å². The average molecular weight is 260 g/mol. The number of nitrogens with two attached hydrogens (primary N) is 1. The van der Waals surface area contributed by atoms with E-state index in [-0.39, 0.29) is 11.3 Å². The van der Waals surface area contributed by atoms with E-state index in [1.807, 2.05) is 0 Å². The van der Waals surface area contributed by atoms with Gasteiger partial charge >= 0.3 is 0 Å². The summed E-state index contributed by atoms with van der Waals surface area (Å²) in [6, 6.07) is 1.94. The summed E-state index contributed by atoms with van der Waals surface area (Å²) in [6.45, 7) is 0. The number of nitrogen functional groups attached to an aromatic ring is 1. The van der Waals surface area contributed by atoms with E-state index >= 15 is 0 Å². The zero-order chi connectivity index (χ0) is 10.6. The lowest BCUT2D eigenvalue weighted by atomic mass is 10.2. The fourth-order valence-electron chi connectivity index (χ4n) is 0.863. The van der Waals surface area contributed by atoms with Gasteiger partial charge in [-0.05, 0) is 6.07 Å². The molecule has 0 heterocycles. The van der Waals surface area contributed by atoms with E-state index in [1.165, 1.54) is 0 Å². The zero-order valence-corrected chi connectivity index (χ0v) is 8.87. The molecule has 0 atom stereocenters. The minimum atomic E-state index is -0.644. The van der Waals surface area contributed by atoms with Crippen LogP contribution in [0.2, 0.25) is 0 Å². The Balaban J connectivity index is 3.00. The quantitative estimate of drug-likeness (QED) is 0.469. The second-order valence-electron chi connectivity index (χ2n) is 2.59. The molecule has 74 valence electrons. The fraction of sp³-hybridized carbons (Fsp3) is 0.200.